The number of ether oxygens (including phenoxy) is 7. The lowest BCUT2D eigenvalue weighted by molar-refractivity contribution is -0.162. The molecule has 0 aromatic heterocycles. The molecule has 0 spiro atoms. The number of aliphatic hydroxyl groups excluding tert-OH is 1. The molecule has 0 radical (unpaired) electrons. The molecular formula is C24H32O12. The van der Waals surface area contributed by atoms with Gasteiger partial charge in [0, 0.05) is 0 Å². The molecule has 36 heavy (non-hydrogen) atoms. The van der Waals surface area contributed by atoms with Crippen molar-refractivity contribution in [3.8, 4) is 0 Å². The Morgan fingerprint density at radius 2 is 1.39 bits per heavy atom. The molecule has 0 bridgehead atoms. The summed E-state index contributed by atoms with van der Waals surface area (Å²) in [6, 6.07) is 8.91. The summed E-state index contributed by atoms with van der Waals surface area (Å²) in [5, 5.41) is 9.59. The lowest BCUT2D eigenvalue weighted by atomic mass is 9.93. The fraction of sp³-hybridized carbons (Fsp3) is 0.583. The molecule has 0 aliphatic carbocycles. The molecule has 1 aromatic rings. The maximum Gasteiger partial charge on any atom is 0.508 e. The van der Waals surface area contributed by atoms with Crippen molar-refractivity contribution in [1.82, 2.24) is 0 Å². The minimum Gasteiger partial charge on any atom is -0.465 e. The summed E-state index contributed by atoms with van der Waals surface area (Å²) in [4.78, 5) is 48.8. The van der Waals surface area contributed by atoms with E-state index in [2.05, 4.69) is 0 Å². The van der Waals surface area contributed by atoms with Crippen molar-refractivity contribution in [1.29, 1.82) is 0 Å². The maximum absolute atomic E-state index is 12.5. The van der Waals surface area contributed by atoms with Gasteiger partial charge in [0.15, 0.2) is 0 Å². The standard InChI is InChI=1S/C24H32O12/c1-4-30-20(27)24(3,15-35-21(28)33-10-17-8-6-5-7-9-17)16-36-22(29)34-14-23(2,13-25)19(26)32-12-18-11-31-18/h5-9,18,25H,4,10-16H2,1-3H3. The fourth-order valence-electron chi connectivity index (χ4n) is 2.60. The normalized spacial score (nSPS) is 17.5. The van der Waals surface area contributed by atoms with Crippen LogP contribution in [0.5, 0.6) is 0 Å². The number of epoxide rings is 1. The first kappa shape index (κ1) is 28.9. The lowest BCUT2D eigenvalue weighted by Crippen LogP contribution is -2.42. The highest BCUT2D eigenvalue weighted by Gasteiger charge is 2.40. The number of esters is 2. The Kier molecular flexibility index (Phi) is 10.9. The minimum absolute atomic E-state index is 0.0294. The zero-order chi connectivity index (χ0) is 26.6. The van der Waals surface area contributed by atoms with Crippen LogP contribution in [-0.2, 0) is 49.4 Å². The quantitative estimate of drug-likeness (QED) is 0.220. The van der Waals surface area contributed by atoms with Gasteiger partial charge in [-0.25, -0.2) is 9.59 Å². The molecule has 1 N–H and O–H groups in total. The van der Waals surface area contributed by atoms with Gasteiger partial charge in [-0.15, -0.1) is 0 Å². The van der Waals surface area contributed by atoms with Crippen LogP contribution in [-0.4, -0.2) is 81.7 Å². The molecule has 1 aliphatic heterocycles. The van der Waals surface area contributed by atoms with Gasteiger partial charge in [-0.05, 0) is 26.3 Å². The van der Waals surface area contributed by atoms with Gasteiger partial charge in [0.1, 0.15) is 50.0 Å². The van der Waals surface area contributed by atoms with Gasteiger partial charge in [0.05, 0.1) is 19.8 Å². The van der Waals surface area contributed by atoms with Crippen molar-refractivity contribution in [2.75, 3.05) is 46.2 Å². The van der Waals surface area contributed by atoms with E-state index in [0.29, 0.717) is 6.61 Å². The summed E-state index contributed by atoms with van der Waals surface area (Å²) >= 11 is 0. The van der Waals surface area contributed by atoms with E-state index < -0.39 is 61.5 Å². The SMILES string of the molecule is CCOC(=O)C(C)(COC(=O)OCc1ccccc1)COC(=O)OCC(C)(CO)C(=O)OCC1CO1. The third kappa shape index (κ3) is 9.34. The van der Waals surface area contributed by atoms with E-state index in [4.69, 9.17) is 33.2 Å². The van der Waals surface area contributed by atoms with Crippen molar-refractivity contribution in [3.63, 3.8) is 0 Å². The summed E-state index contributed by atoms with van der Waals surface area (Å²) in [6.07, 6.45) is -2.40. The molecule has 12 nitrogen and oxygen atoms in total. The Hall–Kier alpha value is -3.38. The average Bonchev–Trinajstić information content (AvgIpc) is 3.72. The highest BCUT2D eigenvalue weighted by atomic mass is 16.7. The molecule has 1 saturated heterocycles. The molecule has 0 amide bonds. The monoisotopic (exact) mass is 512 g/mol. The van der Waals surface area contributed by atoms with E-state index in [-0.39, 0.29) is 25.9 Å². The van der Waals surface area contributed by atoms with Gasteiger partial charge in [0.2, 0.25) is 0 Å². The van der Waals surface area contributed by atoms with Crippen molar-refractivity contribution in [2.45, 2.75) is 33.5 Å². The molecule has 0 saturated carbocycles. The molecule has 1 aliphatic rings. The smallest absolute Gasteiger partial charge is 0.465 e. The molecule has 1 aromatic carbocycles. The molecule has 3 atom stereocenters. The summed E-state index contributed by atoms with van der Waals surface area (Å²) in [6.45, 7) is 2.60. The van der Waals surface area contributed by atoms with Crippen LogP contribution in [0.1, 0.15) is 26.3 Å². The highest BCUT2D eigenvalue weighted by molar-refractivity contribution is 5.78. The molecule has 1 fully saturated rings. The van der Waals surface area contributed by atoms with Gasteiger partial charge in [0.25, 0.3) is 0 Å². The Morgan fingerprint density at radius 1 is 0.861 bits per heavy atom. The second-order valence-electron chi connectivity index (χ2n) is 8.69. The van der Waals surface area contributed by atoms with E-state index in [1.54, 1.807) is 31.2 Å². The lowest BCUT2D eigenvalue weighted by Gasteiger charge is -2.27. The summed E-state index contributed by atoms with van der Waals surface area (Å²) in [5.41, 5.74) is -2.35. The van der Waals surface area contributed by atoms with Gasteiger partial charge in [-0.1, -0.05) is 30.3 Å². The number of carbonyl (C=O) groups excluding carboxylic acids is 4. The average molecular weight is 513 g/mol. The van der Waals surface area contributed by atoms with E-state index in [1.165, 1.54) is 13.8 Å². The van der Waals surface area contributed by atoms with Crippen LogP contribution < -0.4 is 0 Å². The number of carbonyl (C=O) groups is 4. The summed E-state index contributed by atoms with van der Waals surface area (Å²) in [5.74, 6) is -1.55. The van der Waals surface area contributed by atoms with Crippen LogP contribution in [0.15, 0.2) is 30.3 Å². The first-order chi connectivity index (χ1) is 17.1. The molecule has 1 heterocycles. The Morgan fingerprint density at radius 3 is 1.92 bits per heavy atom. The predicted octanol–water partition coefficient (Wildman–Crippen LogP) is 2.00. The van der Waals surface area contributed by atoms with Crippen LogP contribution >= 0.6 is 0 Å². The van der Waals surface area contributed by atoms with Crippen LogP contribution in [0, 0.1) is 10.8 Å². The number of rotatable bonds is 14. The van der Waals surface area contributed by atoms with E-state index in [9.17, 15) is 24.3 Å². The van der Waals surface area contributed by atoms with Crippen molar-refractivity contribution < 1.29 is 57.4 Å². The maximum atomic E-state index is 12.5. The molecule has 12 heteroatoms. The van der Waals surface area contributed by atoms with E-state index >= 15 is 0 Å². The van der Waals surface area contributed by atoms with Gasteiger partial charge in [-0.2, -0.15) is 0 Å². The topological polar surface area (TPSA) is 156 Å². The second kappa shape index (κ2) is 13.6. The number of benzene rings is 1. The van der Waals surface area contributed by atoms with Crippen LogP contribution in [0.25, 0.3) is 0 Å². The third-order valence-corrected chi connectivity index (χ3v) is 5.14. The van der Waals surface area contributed by atoms with E-state index in [0.717, 1.165) is 5.56 Å². The zero-order valence-corrected chi connectivity index (χ0v) is 20.6. The number of aliphatic hydroxyl groups is 1. The van der Waals surface area contributed by atoms with Crippen LogP contribution in [0.2, 0.25) is 0 Å². The molecular weight excluding hydrogens is 480 g/mol. The fourth-order valence-corrected chi connectivity index (χ4v) is 2.60. The van der Waals surface area contributed by atoms with Gasteiger partial charge >= 0.3 is 24.2 Å². The first-order valence-corrected chi connectivity index (χ1v) is 11.3. The predicted molar refractivity (Wildman–Crippen MR) is 121 cm³/mol. The molecule has 2 rings (SSSR count). The molecule has 3 unspecified atom stereocenters. The second-order valence-corrected chi connectivity index (χ2v) is 8.69. The Balaban J connectivity index is 1.85. The van der Waals surface area contributed by atoms with Crippen LogP contribution in [0.3, 0.4) is 0 Å². The largest absolute Gasteiger partial charge is 0.508 e. The van der Waals surface area contributed by atoms with Crippen molar-refractivity contribution in [3.05, 3.63) is 35.9 Å². The van der Waals surface area contributed by atoms with E-state index in [1.807, 2.05) is 6.07 Å². The van der Waals surface area contributed by atoms with Crippen LogP contribution in [0.4, 0.5) is 9.59 Å². The Labute approximate surface area is 208 Å². The molecule has 200 valence electrons. The van der Waals surface area contributed by atoms with Crippen molar-refractivity contribution in [2.24, 2.45) is 10.8 Å². The Bertz CT molecular complexity index is 884. The zero-order valence-electron chi connectivity index (χ0n) is 20.6. The van der Waals surface area contributed by atoms with Gasteiger partial charge in [-0.3, -0.25) is 9.59 Å². The van der Waals surface area contributed by atoms with Gasteiger partial charge < -0.3 is 38.3 Å². The first-order valence-electron chi connectivity index (χ1n) is 11.3. The summed E-state index contributed by atoms with van der Waals surface area (Å²) < 4.78 is 35.0. The van der Waals surface area contributed by atoms with Crippen molar-refractivity contribution >= 4 is 24.2 Å². The minimum atomic E-state index is -1.57. The highest BCUT2D eigenvalue weighted by Crippen LogP contribution is 2.23. The summed E-state index contributed by atoms with van der Waals surface area (Å²) in [7, 11) is 0. The number of hydrogen-bond donors (Lipinski definition) is 1. The number of hydrogen-bond acceptors (Lipinski definition) is 12. The third-order valence-electron chi connectivity index (χ3n) is 5.14.